The van der Waals surface area contributed by atoms with Crippen LogP contribution in [0.4, 0.5) is 4.79 Å². The summed E-state index contributed by atoms with van der Waals surface area (Å²) in [4.78, 5) is 37.3. The van der Waals surface area contributed by atoms with Crippen LogP contribution in [0.5, 0.6) is 0 Å². The maximum Gasteiger partial charge on any atom is 0.407 e. The average molecular weight is 449 g/mol. The number of rotatable bonds is 9. The van der Waals surface area contributed by atoms with Gasteiger partial charge in [-0.15, -0.1) is 6.42 Å². The quantitative estimate of drug-likeness (QED) is 0.573. The molecule has 1 aliphatic carbocycles. The van der Waals surface area contributed by atoms with E-state index in [0.29, 0.717) is 0 Å². The highest BCUT2D eigenvalue weighted by molar-refractivity contribution is 5.82. The van der Waals surface area contributed by atoms with Gasteiger partial charge in [0.25, 0.3) is 0 Å². The first-order valence-corrected chi connectivity index (χ1v) is 10.9. The van der Waals surface area contributed by atoms with E-state index in [1.54, 1.807) is 0 Å². The van der Waals surface area contributed by atoms with Gasteiger partial charge in [0.15, 0.2) is 0 Å². The van der Waals surface area contributed by atoms with E-state index < -0.39 is 30.6 Å². The van der Waals surface area contributed by atoms with Crippen molar-refractivity contribution >= 4 is 18.0 Å². The lowest BCUT2D eigenvalue weighted by atomic mass is 9.98. The maximum atomic E-state index is 12.6. The minimum Gasteiger partial charge on any atom is -0.480 e. The van der Waals surface area contributed by atoms with Gasteiger partial charge in [-0.2, -0.15) is 0 Å². The Balaban J connectivity index is 1.64. The van der Waals surface area contributed by atoms with Gasteiger partial charge in [0, 0.05) is 18.4 Å². The number of terminal acetylenes is 1. The molecule has 2 aromatic carbocycles. The number of carboxylic acids is 1. The molecule has 0 aliphatic heterocycles. The van der Waals surface area contributed by atoms with Crippen LogP contribution in [0.1, 0.15) is 37.3 Å². The van der Waals surface area contributed by atoms with Crippen LogP contribution >= 0.6 is 0 Å². The lowest BCUT2D eigenvalue weighted by Crippen LogP contribution is -2.45. The van der Waals surface area contributed by atoms with Crippen LogP contribution < -0.4 is 5.32 Å². The number of carboxylic acid groups (broad SMARTS) is 1. The van der Waals surface area contributed by atoms with Crippen molar-refractivity contribution in [2.45, 2.75) is 32.2 Å². The predicted octanol–water partition coefficient (Wildman–Crippen LogP) is 3.49. The number of nitrogens with zero attached hydrogens (tertiary/aromatic N) is 1. The third kappa shape index (κ3) is 5.72. The van der Waals surface area contributed by atoms with Crippen LogP contribution in [0, 0.1) is 18.3 Å². The Morgan fingerprint density at radius 2 is 1.67 bits per heavy atom. The summed E-state index contributed by atoms with van der Waals surface area (Å²) < 4.78 is 5.57. The number of hydrogen-bond acceptors (Lipinski definition) is 4. The molecule has 7 nitrogen and oxygen atoms in total. The molecule has 1 atom stereocenters. The number of alkyl carbamates (subject to hydrolysis) is 1. The molecule has 0 radical (unpaired) electrons. The number of carbonyl (C=O) groups excluding carboxylic acids is 2. The highest BCUT2D eigenvalue weighted by Gasteiger charge is 2.30. The van der Waals surface area contributed by atoms with Crippen molar-refractivity contribution in [1.29, 1.82) is 0 Å². The van der Waals surface area contributed by atoms with Crippen molar-refractivity contribution in [3.63, 3.8) is 0 Å². The van der Waals surface area contributed by atoms with Gasteiger partial charge in [-0.05, 0) is 28.2 Å². The summed E-state index contributed by atoms with van der Waals surface area (Å²) in [5, 5.41) is 11.8. The van der Waals surface area contributed by atoms with Crippen molar-refractivity contribution < 1.29 is 24.2 Å². The summed E-state index contributed by atoms with van der Waals surface area (Å²) >= 11 is 0. The van der Waals surface area contributed by atoms with E-state index in [1.165, 1.54) is 0 Å². The zero-order chi connectivity index (χ0) is 24.0. The fraction of sp³-hybridized carbons (Fsp3) is 0.346. The number of amides is 2. The van der Waals surface area contributed by atoms with Crippen molar-refractivity contribution in [3.8, 4) is 23.5 Å². The second kappa shape index (κ2) is 10.7. The molecule has 2 N–H and O–H groups in total. The van der Waals surface area contributed by atoms with Crippen LogP contribution in [-0.4, -0.2) is 53.7 Å². The third-order valence-electron chi connectivity index (χ3n) is 5.81. The number of hydrogen-bond donors (Lipinski definition) is 2. The SMILES string of the molecule is C#CCN(CC(=O)O)C(=O)CC(NC(=O)OCC1c2ccccc2-c2ccccc21)C(C)C. The molecule has 0 heterocycles. The molecule has 2 amide bonds. The van der Waals surface area contributed by atoms with Gasteiger partial charge < -0.3 is 20.1 Å². The zero-order valence-electron chi connectivity index (χ0n) is 18.8. The minimum atomic E-state index is -1.15. The van der Waals surface area contributed by atoms with Crippen molar-refractivity contribution in [3.05, 3.63) is 59.7 Å². The fourth-order valence-electron chi connectivity index (χ4n) is 4.07. The van der Waals surface area contributed by atoms with Gasteiger partial charge in [-0.3, -0.25) is 9.59 Å². The predicted molar refractivity (Wildman–Crippen MR) is 124 cm³/mol. The average Bonchev–Trinajstić information content (AvgIpc) is 3.10. The van der Waals surface area contributed by atoms with Crippen LogP contribution in [0.2, 0.25) is 0 Å². The lowest BCUT2D eigenvalue weighted by Gasteiger charge is -2.25. The fourth-order valence-corrected chi connectivity index (χ4v) is 4.07. The highest BCUT2D eigenvalue weighted by atomic mass is 16.5. The Labute approximate surface area is 193 Å². The molecule has 1 unspecified atom stereocenters. The Morgan fingerprint density at radius 3 is 2.18 bits per heavy atom. The molecule has 0 saturated carbocycles. The first-order valence-electron chi connectivity index (χ1n) is 10.9. The molecule has 7 heteroatoms. The molecular formula is C26H28N2O5. The molecule has 0 saturated heterocycles. The number of nitrogens with one attached hydrogen (secondary N) is 1. The van der Waals surface area contributed by atoms with E-state index in [1.807, 2.05) is 50.2 Å². The van der Waals surface area contributed by atoms with Gasteiger partial charge >= 0.3 is 12.1 Å². The number of ether oxygens (including phenoxy) is 1. The summed E-state index contributed by atoms with van der Waals surface area (Å²) in [6.07, 6.45) is 4.56. The van der Waals surface area contributed by atoms with Crippen molar-refractivity contribution in [2.24, 2.45) is 5.92 Å². The molecule has 33 heavy (non-hydrogen) atoms. The number of benzene rings is 2. The molecular weight excluding hydrogens is 420 g/mol. The van der Waals surface area contributed by atoms with E-state index in [4.69, 9.17) is 16.3 Å². The Bertz CT molecular complexity index is 1030. The lowest BCUT2D eigenvalue weighted by molar-refractivity contribution is -0.144. The van der Waals surface area contributed by atoms with E-state index in [9.17, 15) is 14.4 Å². The highest BCUT2D eigenvalue weighted by Crippen LogP contribution is 2.44. The van der Waals surface area contributed by atoms with Crippen molar-refractivity contribution in [2.75, 3.05) is 19.7 Å². The summed E-state index contributed by atoms with van der Waals surface area (Å²) in [5.41, 5.74) is 4.50. The van der Waals surface area contributed by atoms with Crippen LogP contribution in [-0.2, 0) is 14.3 Å². The molecule has 172 valence electrons. The Hall–Kier alpha value is -3.79. The number of aliphatic carboxylic acids is 1. The van der Waals surface area contributed by atoms with Gasteiger partial charge in [0.05, 0.1) is 6.54 Å². The van der Waals surface area contributed by atoms with Gasteiger partial charge in [0.1, 0.15) is 13.2 Å². The topological polar surface area (TPSA) is 95.9 Å². The number of fused-ring (bicyclic) bond motifs is 3. The largest absolute Gasteiger partial charge is 0.480 e. The Kier molecular flexibility index (Phi) is 7.73. The molecule has 2 aromatic rings. The van der Waals surface area contributed by atoms with Crippen molar-refractivity contribution in [1.82, 2.24) is 10.2 Å². The second-order valence-corrected chi connectivity index (χ2v) is 8.37. The summed E-state index contributed by atoms with van der Waals surface area (Å²) in [6, 6.07) is 15.6. The van der Waals surface area contributed by atoms with E-state index in [0.717, 1.165) is 27.2 Å². The van der Waals surface area contributed by atoms with Crippen LogP contribution in [0.3, 0.4) is 0 Å². The monoisotopic (exact) mass is 448 g/mol. The van der Waals surface area contributed by atoms with Crippen LogP contribution in [0.25, 0.3) is 11.1 Å². The van der Waals surface area contributed by atoms with Gasteiger partial charge in [-0.1, -0.05) is 68.3 Å². The smallest absolute Gasteiger partial charge is 0.407 e. The molecule has 3 rings (SSSR count). The normalized spacial score (nSPS) is 12.9. The zero-order valence-corrected chi connectivity index (χ0v) is 18.8. The maximum absolute atomic E-state index is 12.6. The first kappa shape index (κ1) is 23.9. The summed E-state index contributed by atoms with van der Waals surface area (Å²) in [5.74, 6) is 0.566. The second-order valence-electron chi connectivity index (χ2n) is 8.37. The Morgan fingerprint density at radius 1 is 1.09 bits per heavy atom. The van der Waals surface area contributed by atoms with E-state index in [2.05, 4.69) is 23.4 Å². The van der Waals surface area contributed by atoms with Gasteiger partial charge in [-0.25, -0.2) is 4.79 Å². The third-order valence-corrected chi connectivity index (χ3v) is 5.81. The molecule has 0 spiro atoms. The summed E-state index contributed by atoms with van der Waals surface area (Å²) in [7, 11) is 0. The minimum absolute atomic E-state index is 0.0658. The molecule has 0 aromatic heterocycles. The van der Waals surface area contributed by atoms with Gasteiger partial charge in [0.2, 0.25) is 5.91 Å². The molecule has 0 bridgehead atoms. The summed E-state index contributed by atoms with van der Waals surface area (Å²) in [6.45, 7) is 3.30. The van der Waals surface area contributed by atoms with E-state index >= 15 is 0 Å². The first-order chi connectivity index (χ1) is 15.8. The number of carbonyl (C=O) groups is 3. The van der Waals surface area contributed by atoms with Crippen LogP contribution in [0.15, 0.2) is 48.5 Å². The van der Waals surface area contributed by atoms with E-state index in [-0.39, 0.29) is 31.4 Å². The standard InChI is InChI=1S/C26H28N2O5/c1-4-13-28(15-25(30)31)24(29)14-23(17(2)3)27-26(32)33-16-22-20-11-7-5-9-18(20)19-10-6-8-12-21(19)22/h1,5-12,17,22-23H,13-16H2,2-3H3,(H,27,32)(H,30,31). The molecule has 0 fully saturated rings. The molecule has 1 aliphatic rings.